The van der Waals surface area contributed by atoms with E-state index in [4.69, 9.17) is 14.6 Å². The summed E-state index contributed by atoms with van der Waals surface area (Å²) in [5.41, 5.74) is 2.41. The Morgan fingerprint density at radius 2 is 1.61 bits per heavy atom. The fraction of sp³-hybridized carbons (Fsp3) is 0.133. The second kappa shape index (κ2) is 11.7. The lowest BCUT2D eigenvalue weighted by Gasteiger charge is -2.13. The molecule has 0 saturated heterocycles. The van der Waals surface area contributed by atoms with Crippen LogP contribution in [0.2, 0.25) is 0 Å². The first-order valence-corrected chi connectivity index (χ1v) is 11.6. The predicted molar refractivity (Wildman–Crippen MR) is 141 cm³/mol. The summed E-state index contributed by atoms with van der Waals surface area (Å²) < 4.78 is 11.3. The van der Waals surface area contributed by atoms with Crippen molar-refractivity contribution in [2.45, 2.75) is 6.42 Å². The number of benzene rings is 4. The van der Waals surface area contributed by atoms with Gasteiger partial charge in [-0.3, -0.25) is 4.79 Å². The standard InChI is InChI=1S/C30H27NO5/c1-35-26-15-11-21(12-16-26)17-18-31-29(32)25(19-22-9-13-24(14-10-22)30(33)34)20-36-28-8-4-6-23-5-2-3-7-27(23)28/h2-16,19H,17-18,20H2,1H3,(H,31,32)(H,33,34)/b25-19+. The molecule has 6 heteroatoms. The lowest BCUT2D eigenvalue weighted by Crippen LogP contribution is -2.29. The number of carboxylic acid groups (broad SMARTS) is 1. The normalized spacial score (nSPS) is 11.2. The van der Waals surface area contributed by atoms with Crippen molar-refractivity contribution in [3.8, 4) is 11.5 Å². The molecule has 0 radical (unpaired) electrons. The number of nitrogens with one attached hydrogen (secondary N) is 1. The van der Waals surface area contributed by atoms with E-state index in [9.17, 15) is 9.59 Å². The van der Waals surface area contributed by atoms with Gasteiger partial charge in [0.1, 0.15) is 18.1 Å². The molecule has 0 aliphatic carbocycles. The van der Waals surface area contributed by atoms with Gasteiger partial charge in [-0.1, -0.05) is 60.7 Å². The second-order valence-corrected chi connectivity index (χ2v) is 8.22. The Labute approximate surface area is 209 Å². The molecule has 0 bridgehead atoms. The van der Waals surface area contributed by atoms with Crippen LogP contribution in [-0.4, -0.2) is 37.2 Å². The van der Waals surface area contributed by atoms with Gasteiger partial charge in [-0.25, -0.2) is 4.79 Å². The van der Waals surface area contributed by atoms with E-state index < -0.39 is 5.97 Å². The molecule has 4 aromatic carbocycles. The van der Waals surface area contributed by atoms with Gasteiger partial charge < -0.3 is 19.9 Å². The molecule has 0 aliphatic heterocycles. The average Bonchev–Trinajstić information content (AvgIpc) is 2.91. The summed E-state index contributed by atoms with van der Waals surface area (Å²) in [5, 5.41) is 14.1. The number of methoxy groups -OCH3 is 1. The third-order valence-electron chi connectivity index (χ3n) is 5.78. The number of hydrogen-bond acceptors (Lipinski definition) is 4. The highest BCUT2D eigenvalue weighted by Gasteiger charge is 2.12. The van der Waals surface area contributed by atoms with E-state index in [0.717, 1.165) is 22.1 Å². The Balaban J connectivity index is 1.50. The summed E-state index contributed by atoms with van der Waals surface area (Å²) in [6.07, 6.45) is 2.39. The summed E-state index contributed by atoms with van der Waals surface area (Å²) in [6, 6.07) is 27.8. The summed E-state index contributed by atoms with van der Waals surface area (Å²) in [6.45, 7) is 0.512. The van der Waals surface area contributed by atoms with Crippen LogP contribution in [-0.2, 0) is 11.2 Å². The first-order chi connectivity index (χ1) is 17.5. The molecule has 1 amide bonds. The van der Waals surface area contributed by atoms with Crippen LogP contribution in [0.3, 0.4) is 0 Å². The van der Waals surface area contributed by atoms with Gasteiger partial charge in [0.15, 0.2) is 0 Å². The molecule has 4 aromatic rings. The molecule has 182 valence electrons. The molecule has 4 rings (SSSR count). The highest BCUT2D eigenvalue weighted by atomic mass is 16.5. The van der Waals surface area contributed by atoms with Gasteiger partial charge in [0.2, 0.25) is 0 Å². The Bertz CT molecular complexity index is 1370. The number of rotatable bonds is 10. The van der Waals surface area contributed by atoms with E-state index in [1.807, 2.05) is 66.7 Å². The van der Waals surface area contributed by atoms with Crippen molar-refractivity contribution in [1.82, 2.24) is 5.32 Å². The Kier molecular flexibility index (Phi) is 7.98. The zero-order chi connectivity index (χ0) is 25.3. The quantitative estimate of drug-likeness (QED) is 0.298. The minimum atomic E-state index is -0.999. The zero-order valence-electron chi connectivity index (χ0n) is 19.9. The number of hydrogen-bond donors (Lipinski definition) is 2. The van der Waals surface area contributed by atoms with Gasteiger partial charge in [-0.15, -0.1) is 0 Å². The van der Waals surface area contributed by atoms with E-state index >= 15 is 0 Å². The monoisotopic (exact) mass is 481 g/mol. The van der Waals surface area contributed by atoms with Gasteiger partial charge >= 0.3 is 5.97 Å². The van der Waals surface area contributed by atoms with Gasteiger partial charge in [-0.2, -0.15) is 0 Å². The molecule has 0 saturated carbocycles. The lowest BCUT2D eigenvalue weighted by atomic mass is 10.1. The first kappa shape index (κ1) is 24.5. The zero-order valence-corrected chi connectivity index (χ0v) is 19.9. The van der Waals surface area contributed by atoms with Crippen LogP contribution < -0.4 is 14.8 Å². The number of fused-ring (bicyclic) bond motifs is 1. The van der Waals surface area contributed by atoms with Crippen LogP contribution in [0.4, 0.5) is 0 Å². The summed E-state index contributed by atoms with van der Waals surface area (Å²) >= 11 is 0. The molecule has 0 aromatic heterocycles. The third-order valence-corrected chi connectivity index (χ3v) is 5.78. The molecule has 0 fully saturated rings. The van der Waals surface area contributed by atoms with Crippen LogP contribution in [0.5, 0.6) is 11.5 Å². The second-order valence-electron chi connectivity index (χ2n) is 8.22. The predicted octanol–water partition coefficient (Wildman–Crippen LogP) is 5.37. The van der Waals surface area contributed by atoms with Crippen LogP contribution >= 0.6 is 0 Å². The highest BCUT2D eigenvalue weighted by molar-refractivity contribution is 5.98. The fourth-order valence-corrected chi connectivity index (χ4v) is 3.80. The minimum Gasteiger partial charge on any atom is -0.497 e. The molecule has 0 heterocycles. The minimum absolute atomic E-state index is 0.0586. The SMILES string of the molecule is COc1ccc(CCNC(=O)/C(=C/c2ccc(C(=O)O)cc2)COc2cccc3ccccc23)cc1. The highest BCUT2D eigenvalue weighted by Crippen LogP contribution is 2.25. The van der Waals surface area contributed by atoms with Crippen molar-refractivity contribution in [3.05, 3.63) is 113 Å². The number of aromatic carboxylic acids is 1. The third kappa shape index (κ3) is 6.30. The summed E-state index contributed by atoms with van der Waals surface area (Å²) in [7, 11) is 1.62. The Hall–Kier alpha value is -4.58. The van der Waals surface area contributed by atoms with Crippen molar-refractivity contribution >= 4 is 28.7 Å². The van der Waals surface area contributed by atoms with E-state index in [1.54, 1.807) is 25.3 Å². The molecule has 36 heavy (non-hydrogen) atoms. The van der Waals surface area contributed by atoms with E-state index in [-0.39, 0.29) is 18.1 Å². The molecular formula is C30H27NO5. The molecule has 0 aliphatic rings. The largest absolute Gasteiger partial charge is 0.497 e. The summed E-state index contributed by atoms with van der Waals surface area (Å²) in [4.78, 5) is 24.3. The van der Waals surface area contributed by atoms with Crippen LogP contribution in [0.25, 0.3) is 16.8 Å². The number of carbonyl (C=O) groups is 2. The van der Waals surface area contributed by atoms with Crippen molar-refractivity contribution in [2.24, 2.45) is 0 Å². The first-order valence-electron chi connectivity index (χ1n) is 11.6. The van der Waals surface area contributed by atoms with Crippen molar-refractivity contribution in [1.29, 1.82) is 0 Å². The number of carbonyl (C=O) groups excluding carboxylic acids is 1. The number of carboxylic acids is 1. The molecule has 0 atom stereocenters. The number of amides is 1. The summed E-state index contributed by atoms with van der Waals surface area (Å²) in [5.74, 6) is 0.228. The molecular weight excluding hydrogens is 454 g/mol. The van der Waals surface area contributed by atoms with Crippen molar-refractivity contribution in [3.63, 3.8) is 0 Å². The number of ether oxygens (including phenoxy) is 2. The van der Waals surface area contributed by atoms with Crippen molar-refractivity contribution in [2.75, 3.05) is 20.3 Å². The Morgan fingerprint density at radius 1 is 0.889 bits per heavy atom. The van der Waals surface area contributed by atoms with Crippen molar-refractivity contribution < 1.29 is 24.2 Å². The molecule has 0 spiro atoms. The molecule has 0 unspecified atom stereocenters. The lowest BCUT2D eigenvalue weighted by molar-refractivity contribution is -0.117. The molecule has 6 nitrogen and oxygen atoms in total. The van der Waals surface area contributed by atoms with E-state index in [0.29, 0.717) is 29.9 Å². The van der Waals surface area contributed by atoms with Gasteiger partial charge in [0, 0.05) is 11.9 Å². The average molecular weight is 482 g/mol. The fourth-order valence-electron chi connectivity index (χ4n) is 3.80. The maximum Gasteiger partial charge on any atom is 0.335 e. The molecule has 2 N–H and O–H groups in total. The topological polar surface area (TPSA) is 84.9 Å². The van der Waals surface area contributed by atoms with Crippen LogP contribution in [0.1, 0.15) is 21.5 Å². The van der Waals surface area contributed by atoms with Crippen LogP contribution in [0, 0.1) is 0 Å². The maximum atomic E-state index is 13.1. The maximum absolute atomic E-state index is 13.1. The van der Waals surface area contributed by atoms with E-state index in [1.165, 1.54) is 12.1 Å². The Morgan fingerprint density at radius 3 is 2.33 bits per heavy atom. The smallest absolute Gasteiger partial charge is 0.335 e. The van der Waals surface area contributed by atoms with E-state index in [2.05, 4.69) is 5.32 Å². The van der Waals surface area contributed by atoms with Crippen LogP contribution in [0.15, 0.2) is 96.6 Å². The van der Waals surface area contributed by atoms with Gasteiger partial charge in [0.05, 0.1) is 18.2 Å². The van der Waals surface area contributed by atoms with Gasteiger partial charge in [0.25, 0.3) is 5.91 Å². The van der Waals surface area contributed by atoms with Gasteiger partial charge in [-0.05, 0) is 59.3 Å².